The van der Waals surface area contributed by atoms with Crippen LogP contribution in [0.5, 0.6) is 0 Å². The highest BCUT2D eigenvalue weighted by molar-refractivity contribution is 5.94. The number of likely N-dealkylation sites (tertiary alicyclic amines) is 1. The van der Waals surface area contributed by atoms with E-state index in [1.807, 2.05) is 6.07 Å². The summed E-state index contributed by atoms with van der Waals surface area (Å²) >= 11 is 0. The van der Waals surface area contributed by atoms with Crippen LogP contribution < -0.4 is 0 Å². The molecule has 0 unspecified atom stereocenters. The largest absolute Gasteiger partial charge is 0.472 e. The van der Waals surface area contributed by atoms with Crippen LogP contribution in [0.2, 0.25) is 0 Å². The average Bonchev–Trinajstić information content (AvgIpc) is 3.42. The number of nitrogens with zero attached hydrogens (tertiary/aromatic N) is 3. The lowest BCUT2D eigenvalue weighted by Crippen LogP contribution is -2.37. The van der Waals surface area contributed by atoms with Crippen LogP contribution in [-0.4, -0.2) is 65.8 Å². The summed E-state index contributed by atoms with van der Waals surface area (Å²) < 4.78 is 10.8. The summed E-state index contributed by atoms with van der Waals surface area (Å²) in [6, 6.07) is 5.34. The van der Waals surface area contributed by atoms with Gasteiger partial charge in [-0.2, -0.15) is 0 Å². The number of hydrogen-bond donors (Lipinski definition) is 0. The lowest BCUT2D eigenvalue weighted by atomic mass is 10.3. The van der Waals surface area contributed by atoms with E-state index < -0.39 is 0 Å². The van der Waals surface area contributed by atoms with E-state index in [1.165, 1.54) is 25.4 Å². The molecule has 2 fully saturated rings. The molecule has 4 heterocycles. The molecule has 2 amide bonds. The molecule has 0 aliphatic carbocycles. The topological polar surface area (TPSA) is 70.1 Å². The van der Waals surface area contributed by atoms with Gasteiger partial charge in [0, 0.05) is 26.2 Å². The van der Waals surface area contributed by atoms with Gasteiger partial charge in [0.2, 0.25) is 0 Å². The predicted molar refractivity (Wildman–Crippen MR) is 98.4 cm³/mol. The lowest BCUT2D eigenvalue weighted by molar-refractivity contribution is 0.0697. The van der Waals surface area contributed by atoms with E-state index in [2.05, 4.69) is 4.90 Å². The molecule has 0 radical (unpaired) electrons. The first-order valence-corrected chi connectivity index (χ1v) is 9.62. The first kappa shape index (κ1) is 17.9. The first-order chi connectivity index (χ1) is 13.2. The monoisotopic (exact) mass is 371 g/mol. The van der Waals surface area contributed by atoms with Gasteiger partial charge in [-0.3, -0.25) is 14.5 Å². The Morgan fingerprint density at radius 3 is 2.30 bits per heavy atom. The van der Waals surface area contributed by atoms with E-state index in [0.29, 0.717) is 37.5 Å². The summed E-state index contributed by atoms with van der Waals surface area (Å²) in [6.07, 6.45) is 6.16. The third-order valence-corrected chi connectivity index (χ3v) is 5.29. The molecule has 0 spiro atoms. The smallest absolute Gasteiger partial charge is 0.289 e. The lowest BCUT2D eigenvalue weighted by Gasteiger charge is -2.21. The van der Waals surface area contributed by atoms with Crippen molar-refractivity contribution in [3.63, 3.8) is 0 Å². The summed E-state index contributed by atoms with van der Waals surface area (Å²) in [5, 5.41) is 0. The zero-order chi connectivity index (χ0) is 18.6. The van der Waals surface area contributed by atoms with E-state index in [1.54, 1.807) is 21.9 Å². The van der Waals surface area contributed by atoms with Gasteiger partial charge in [-0.05, 0) is 50.6 Å². The Kier molecular flexibility index (Phi) is 5.29. The van der Waals surface area contributed by atoms with Crippen LogP contribution in [-0.2, 0) is 6.54 Å². The van der Waals surface area contributed by atoms with E-state index in [-0.39, 0.29) is 11.8 Å². The number of amides is 2. The maximum Gasteiger partial charge on any atom is 0.289 e. The quantitative estimate of drug-likeness (QED) is 0.826. The zero-order valence-electron chi connectivity index (χ0n) is 15.4. The van der Waals surface area contributed by atoms with Gasteiger partial charge in [-0.15, -0.1) is 0 Å². The maximum absolute atomic E-state index is 12.8. The highest BCUT2D eigenvalue weighted by Gasteiger charge is 2.25. The van der Waals surface area contributed by atoms with E-state index in [4.69, 9.17) is 8.83 Å². The van der Waals surface area contributed by atoms with E-state index >= 15 is 0 Å². The molecule has 7 nitrogen and oxygen atoms in total. The van der Waals surface area contributed by atoms with Gasteiger partial charge in [0.25, 0.3) is 11.8 Å². The standard InChI is InChI=1S/C20H25N3O4/c24-19(16-6-13-26-15-16)22-9-3-10-23(12-11-22)20(25)18-5-4-17(27-18)14-21-7-1-2-8-21/h4-6,13,15H,1-3,7-12,14H2. The summed E-state index contributed by atoms with van der Waals surface area (Å²) in [7, 11) is 0. The van der Waals surface area contributed by atoms with Gasteiger partial charge in [-0.25, -0.2) is 0 Å². The van der Waals surface area contributed by atoms with Gasteiger partial charge in [-0.1, -0.05) is 0 Å². The van der Waals surface area contributed by atoms with Crippen LogP contribution in [0, 0.1) is 0 Å². The molecule has 0 bridgehead atoms. The van der Waals surface area contributed by atoms with Crippen molar-refractivity contribution in [2.24, 2.45) is 0 Å². The number of hydrogen-bond acceptors (Lipinski definition) is 5. The molecule has 27 heavy (non-hydrogen) atoms. The zero-order valence-corrected chi connectivity index (χ0v) is 15.4. The average molecular weight is 371 g/mol. The predicted octanol–water partition coefficient (Wildman–Crippen LogP) is 2.46. The molecule has 2 aliphatic heterocycles. The Hall–Kier alpha value is -2.54. The maximum atomic E-state index is 12.8. The molecule has 0 N–H and O–H groups in total. The fourth-order valence-corrected chi connectivity index (χ4v) is 3.79. The van der Waals surface area contributed by atoms with Crippen molar-refractivity contribution in [2.75, 3.05) is 39.3 Å². The van der Waals surface area contributed by atoms with Crippen LogP contribution in [0.4, 0.5) is 0 Å². The van der Waals surface area contributed by atoms with Crippen LogP contribution in [0.1, 0.15) is 45.9 Å². The van der Waals surface area contributed by atoms with Crippen molar-refractivity contribution in [3.8, 4) is 0 Å². The van der Waals surface area contributed by atoms with Gasteiger partial charge < -0.3 is 18.6 Å². The van der Waals surface area contributed by atoms with E-state index in [0.717, 1.165) is 31.8 Å². The normalized spacial score (nSPS) is 18.7. The molecule has 2 aliphatic rings. The van der Waals surface area contributed by atoms with Gasteiger partial charge in [0.15, 0.2) is 5.76 Å². The second-order valence-corrected chi connectivity index (χ2v) is 7.20. The van der Waals surface area contributed by atoms with E-state index in [9.17, 15) is 9.59 Å². The summed E-state index contributed by atoms with van der Waals surface area (Å²) in [4.78, 5) is 31.2. The third kappa shape index (κ3) is 4.08. The molecule has 2 saturated heterocycles. The summed E-state index contributed by atoms with van der Waals surface area (Å²) in [5.41, 5.74) is 0.548. The number of carbonyl (C=O) groups excluding carboxylic acids is 2. The Morgan fingerprint density at radius 2 is 1.59 bits per heavy atom. The number of furan rings is 2. The van der Waals surface area contributed by atoms with Crippen LogP contribution in [0.15, 0.2) is 39.6 Å². The van der Waals surface area contributed by atoms with Crippen molar-refractivity contribution in [1.82, 2.24) is 14.7 Å². The van der Waals surface area contributed by atoms with Crippen LogP contribution in [0.25, 0.3) is 0 Å². The number of carbonyl (C=O) groups is 2. The highest BCUT2D eigenvalue weighted by Crippen LogP contribution is 2.17. The highest BCUT2D eigenvalue weighted by atomic mass is 16.4. The molecule has 4 rings (SSSR count). The minimum Gasteiger partial charge on any atom is -0.472 e. The molecule has 0 saturated carbocycles. The van der Waals surface area contributed by atoms with Crippen molar-refractivity contribution >= 4 is 11.8 Å². The molecular weight excluding hydrogens is 346 g/mol. The second kappa shape index (κ2) is 8.00. The van der Waals surface area contributed by atoms with Crippen molar-refractivity contribution < 1.29 is 18.4 Å². The van der Waals surface area contributed by atoms with Gasteiger partial charge >= 0.3 is 0 Å². The Bertz CT molecular complexity index is 777. The fourth-order valence-electron chi connectivity index (χ4n) is 3.79. The van der Waals surface area contributed by atoms with Gasteiger partial charge in [0.1, 0.15) is 12.0 Å². The van der Waals surface area contributed by atoms with Crippen LogP contribution >= 0.6 is 0 Å². The molecule has 0 aromatic carbocycles. The number of rotatable bonds is 4. The minimum atomic E-state index is -0.0970. The van der Waals surface area contributed by atoms with Crippen LogP contribution in [0.3, 0.4) is 0 Å². The third-order valence-electron chi connectivity index (χ3n) is 5.29. The molecular formula is C20H25N3O4. The Labute approximate surface area is 158 Å². The molecule has 0 atom stereocenters. The first-order valence-electron chi connectivity index (χ1n) is 9.62. The molecule has 2 aromatic heterocycles. The Morgan fingerprint density at radius 1 is 0.852 bits per heavy atom. The Balaban J connectivity index is 1.35. The molecule has 2 aromatic rings. The SMILES string of the molecule is O=C(c1ccoc1)N1CCCN(C(=O)c2ccc(CN3CCCC3)o2)CC1. The molecule has 7 heteroatoms. The summed E-state index contributed by atoms with van der Waals surface area (Å²) in [6.45, 7) is 5.22. The second-order valence-electron chi connectivity index (χ2n) is 7.20. The van der Waals surface area contributed by atoms with Crippen molar-refractivity contribution in [2.45, 2.75) is 25.8 Å². The fraction of sp³-hybridized carbons (Fsp3) is 0.500. The van der Waals surface area contributed by atoms with Gasteiger partial charge in [0.05, 0.1) is 18.4 Å². The van der Waals surface area contributed by atoms with Crippen molar-refractivity contribution in [3.05, 3.63) is 47.8 Å². The summed E-state index contributed by atoms with van der Waals surface area (Å²) in [5.74, 6) is 1.08. The minimum absolute atomic E-state index is 0.0519. The van der Waals surface area contributed by atoms with Crippen molar-refractivity contribution in [1.29, 1.82) is 0 Å². The molecule has 144 valence electrons.